The molecule has 0 spiro atoms. The van der Waals surface area contributed by atoms with Crippen LogP contribution in [0.25, 0.3) is 0 Å². The zero-order valence-corrected chi connectivity index (χ0v) is 25.7. The predicted octanol–water partition coefficient (Wildman–Crippen LogP) is 7.18. The van der Waals surface area contributed by atoms with E-state index in [4.69, 9.17) is 4.74 Å². The van der Waals surface area contributed by atoms with E-state index in [0.717, 1.165) is 29.0 Å². The largest absolute Gasteiger partial charge is 0.497 e. The number of aromatic nitrogens is 3. The highest BCUT2D eigenvalue weighted by atomic mass is 79.9. The van der Waals surface area contributed by atoms with Gasteiger partial charge in [0.2, 0.25) is 5.91 Å². The van der Waals surface area contributed by atoms with Gasteiger partial charge in [-0.1, -0.05) is 47.7 Å². The molecule has 1 aliphatic rings. The Morgan fingerprint density at radius 1 is 1.05 bits per heavy atom. The Morgan fingerprint density at radius 3 is 2.37 bits per heavy atom. The van der Waals surface area contributed by atoms with Crippen LogP contribution < -0.4 is 9.64 Å². The van der Waals surface area contributed by atoms with Crippen LogP contribution in [-0.4, -0.2) is 39.0 Å². The van der Waals surface area contributed by atoms with Crippen LogP contribution in [0.3, 0.4) is 0 Å². The van der Waals surface area contributed by atoms with Gasteiger partial charge in [-0.25, -0.2) is 0 Å². The van der Waals surface area contributed by atoms with E-state index in [0.29, 0.717) is 30.8 Å². The van der Waals surface area contributed by atoms with Crippen LogP contribution in [0, 0.1) is 5.92 Å². The minimum Gasteiger partial charge on any atom is -0.497 e. The summed E-state index contributed by atoms with van der Waals surface area (Å²) in [6, 6.07) is 20.7. The van der Waals surface area contributed by atoms with Crippen molar-refractivity contribution in [2.45, 2.75) is 51.1 Å². The number of amides is 1. The van der Waals surface area contributed by atoms with E-state index in [2.05, 4.69) is 50.2 Å². The summed E-state index contributed by atoms with van der Waals surface area (Å²) >= 11 is 3.34. The number of ether oxygens (including phenoxy) is 1. The SMILES string of the molecule is COc1ccc(CN(C(=O)C2C[C@H](C)N(Cc3ccccc3)[C@H](c3cn(C)nn3)C2)c2ccc(C(F)(F)F)cc2Br)cc1. The Bertz CT molecular complexity index is 1540. The van der Waals surface area contributed by atoms with E-state index in [1.165, 1.54) is 6.07 Å². The van der Waals surface area contributed by atoms with E-state index in [9.17, 15) is 18.0 Å². The second-order valence-corrected chi connectivity index (χ2v) is 11.8. The Hall–Kier alpha value is -3.70. The van der Waals surface area contributed by atoms with Gasteiger partial charge in [-0.3, -0.25) is 14.4 Å². The van der Waals surface area contributed by atoms with Crippen molar-refractivity contribution in [3.05, 3.63) is 106 Å². The monoisotopic (exact) mass is 655 g/mol. The first-order valence-corrected chi connectivity index (χ1v) is 14.8. The molecular formula is C32H33BrF3N5O2. The Morgan fingerprint density at radius 2 is 1.77 bits per heavy atom. The molecule has 1 saturated heterocycles. The molecule has 2 heterocycles. The Labute approximate surface area is 257 Å². The first-order valence-electron chi connectivity index (χ1n) is 14.0. The summed E-state index contributed by atoms with van der Waals surface area (Å²) in [6.45, 7) is 2.97. The number of anilines is 1. The van der Waals surface area contributed by atoms with Gasteiger partial charge in [0.15, 0.2) is 0 Å². The highest BCUT2D eigenvalue weighted by molar-refractivity contribution is 9.10. The number of piperidine rings is 1. The van der Waals surface area contributed by atoms with Gasteiger partial charge in [0.1, 0.15) is 5.75 Å². The van der Waals surface area contributed by atoms with Gasteiger partial charge in [-0.05, 0) is 77.2 Å². The number of hydrogen-bond donors (Lipinski definition) is 0. The van der Waals surface area contributed by atoms with Gasteiger partial charge in [0.25, 0.3) is 0 Å². The van der Waals surface area contributed by atoms with Crippen LogP contribution in [0.15, 0.2) is 83.5 Å². The molecule has 43 heavy (non-hydrogen) atoms. The van der Waals surface area contributed by atoms with Crippen LogP contribution in [0.1, 0.15) is 48.2 Å². The second-order valence-electron chi connectivity index (χ2n) is 10.9. The number of benzene rings is 3. The smallest absolute Gasteiger partial charge is 0.416 e. The number of likely N-dealkylation sites (tertiary alicyclic amines) is 1. The Balaban J connectivity index is 1.49. The van der Waals surface area contributed by atoms with Gasteiger partial charge >= 0.3 is 6.18 Å². The van der Waals surface area contributed by atoms with Crippen molar-refractivity contribution >= 4 is 27.5 Å². The molecule has 0 saturated carbocycles. The van der Waals surface area contributed by atoms with Gasteiger partial charge < -0.3 is 9.64 Å². The van der Waals surface area contributed by atoms with E-state index >= 15 is 0 Å². The number of nitrogens with zero attached hydrogens (tertiary/aromatic N) is 5. The van der Waals surface area contributed by atoms with Crippen molar-refractivity contribution in [1.82, 2.24) is 19.9 Å². The van der Waals surface area contributed by atoms with Crippen LogP contribution in [0.2, 0.25) is 0 Å². The number of halogens is 4. The highest BCUT2D eigenvalue weighted by Crippen LogP contribution is 2.41. The fourth-order valence-corrected chi connectivity index (χ4v) is 6.34. The first-order chi connectivity index (χ1) is 20.5. The first kappa shape index (κ1) is 30.7. The molecule has 11 heteroatoms. The number of methoxy groups -OCH3 is 1. The number of carbonyl (C=O) groups excluding carboxylic acids is 1. The molecule has 0 N–H and O–H groups in total. The van der Waals surface area contributed by atoms with Gasteiger partial charge in [0.05, 0.1) is 36.6 Å². The van der Waals surface area contributed by atoms with Crippen molar-refractivity contribution < 1.29 is 22.7 Å². The minimum absolute atomic E-state index is 0.0220. The summed E-state index contributed by atoms with van der Waals surface area (Å²) in [5, 5.41) is 8.57. The van der Waals surface area contributed by atoms with E-state index in [1.54, 1.807) is 28.8 Å². The molecule has 5 rings (SSSR count). The molecule has 3 atom stereocenters. The number of hydrogen-bond acceptors (Lipinski definition) is 5. The van der Waals surface area contributed by atoms with Crippen LogP contribution >= 0.6 is 15.9 Å². The molecule has 0 aliphatic carbocycles. The minimum atomic E-state index is -4.50. The van der Waals surface area contributed by atoms with Crippen molar-refractivity contribution in [2.75, 3.05) is 12.0 Å². The zero-order valence-electron chi connectivity index (χ0n) is 24.1. The summed E-state index contributed by atoms with van der Waals surface area (Å²) < 4.78 is 47.6. The molecule has 7 nitrogen and oxygen atoms in total. The lowest BCUT2D eigenvalue weighted by atomic mass is 9.83. The van der Waals surface area contributed by atoms with Crippen LogP contribution in [0.4, 0.5) is 18.9 Å². The molecule has 1 amide bonds. The lowest BCUT2D eigenvalue weighted by Crippen LogP contribution is -2.47. The van der Waals surface area contributed by atoms with E-state index in [-0.39, 0.29) is 29.0 Å². The number of aryl methyl sites for hydroxylation is 1. The Kier molecular flexibility index (Phi) is 9.22. The van der Waals surface area contributed by atoms with Gasteiger partial charge in [-0.15, -0.1) is 5.10 Å². The summed E-state index contributed by atoms with van der Waals surface area (Å²) in [7, 11) is 3.38. The zero-order chi connectivity index (χ0) is 30.7. The quantitative estimate of drug-likeness (QED) is 0.201. The van der Waals surface area contributed by atoms with E-state index < -0.39 is 17.7 Å². The summed E-state index contributed by atoms with van der Waals surface area (Å²) in [5.74, 6) is 0.113. The van der Waals surface area contributed by atoms with Gasteiger partial charge in [0, 0.05) is 36.2 Å². The van der Waals surface area contributed by atoms with Crippen LogP contribution in [0.5, 0.6) is 5.75 Å². The third-order valence-electron chi connectivity index (χ3n) is 7.95. The predicted molar refractivity (Wildman–Crippen MR) is 161 cm³/mol. The number of carbonyl (C=O) groups is 1. The van der Waals surface area contributed by atoms with Crippen molar-refractivity contribution in [3.8, 4) is 5.75 Å². The second kappa shape index (κ2) is 12.9. The lowest BCUT2D eigenvalue weighted by molar-refractivity contribution is -0.137. The fourth-order valence-electron chi connectivity index (χ4n) is 5.74. The molecule has 226 valence electrons. The summed E-state index contributed by atoms with van der Waals surface area (Å²) in [6.07, 6.45) is -1.55. The molecular weight excluding hydrogens is 623 g/mol. The van der Waals surface area contributed by atoms with Crippen molar-refractivity contribution in [1.29, 1.82) is 0 Å². The maximum Gasteiger partial charge on any atom is 0.416 e. The average molecular weight is 657 g/mol. The summed E-state index contributed by atoms with van der Waals surface area (Å²) in [5.41, 5.74) is 2.35. The fraction of sp³-hybridized carbons (Fsp3) is 0.344. The molecule has 0 bridgehead atoms. The molecule has 0 radical (unpaired) electrons. The maximum atomic E-state index is 14.5. The summed E-state index contributed by atoms with van der Waals surface area (Å²) in [4.78, 5) is 18.4. The maximum absolute atomic E-state index is 14.5. The third kappa shape index (κ3) is 7.10. The topological polar surface area (TPSA) is 63.5 Å². The normalized spacial score (nSPS) is 19.3. The molecule has 1 unspecified atom stereocenters. The molecule has 1 aromatic heterocycles. The number of alkyl halides is 3. The standard InChI is InChI=1S/C32H33BrF3N5O2/c1-21-15-24(16-30(28-20-39(2)38-37-28)40(21)18-22-7-5-4-6-8-22)31(42)41(19-23-9-12-26(43-3)13-10-23)29-14-11-25(17-27(29)33)32(34,35)36/h4-14,17,20-21,24,30H,15-16,18-19H2,1-3H3/t21-,24?,30-/m0/s1. The lowest BCUT2D eigenvalue weighted by Gasteiger charge is -2.44. The van der Waals surface area contributed by atoms with Crippen molar-refractivity contribution in [3.63, 3.8) is 0 Å². The molecule has 1 fully saturated rings. The van der Waals surface area contributed by atoms with E-state index in [1.807, 2.05) is 43.6 Å². The third-order valence-corrected chi connectivity index (χ3v) is 8.59. The van der Waals surface area contributed by atoms with Crippen molar-refractivity contribution in [2.24, 2.45) is 13.0 Å². The molecule has 3 aromatic carbocycles. The van der Waals surface area contributed by atoms with Crippen LogP contribution in [-0.2, 0) is 31.1 Å². The molecule has 1 aliphatic heterocycles. The molecule has 4 aromatic rings. The van der Waals surface area contributed by atoms with Gasteiger partial charge in [-0.2, -0.15) is 13.2 Å². The number of rotatable bonds is 8. The highest BCUT2D eigenvalue weighted by Gasteiger charge is 2.41. The average Bonchev–Trinajstić information content (AvgIpc) is 3.43.